The number of ether oxygens (including phenoxy) is 1. The van der Waals surface area contributed by atoms with Gasteiger partial charge in [-0.3, -0.25) is 13.9 Å². The van der Waals surface area contributed by atoms with Gasteiger partial charge in [0.1, 0.15) is 18.3 Å². The molecule has 224 valence electrons. The van der Waals surface area contributed by atoms with E-state index in [9.17, 15) is 18.0 Å². The first-order chi connectivity index (χ1) is 20.2. The number of halogens is 1. The molecule has 8 nitrogen and oxygen atoms in total. The van der Waals surface area contributed by atoms with Crippen LogP contribution in [0.5, 0.6) is 5.75 Å². The predicted molar refractivity (Wildman–Crippen MR) is 165 cm³/mol. The molecule has 10 heteroatoms. The van der Waals surface area contributed by atoms with E-state index in [1.165, 1.54) is 17.0 Å². The Labute approximate surface area is 253 Å². The fraction of sp³-hybridized carbons (Fsp3) is 0.375. The average molecular weight is 612 g/mol. The van der Waals surface area contributed by atoms with Crippen molar-refractivity contribution in [3.05, 3.63) is 89.4 Å². The molecule has 1 atom stereocenters. The van der Waals surface area contributed by atoms with Gasteiger partial charge < -0.3 is 15.0 Å². The lowest BCUT2D eigenvalue weighted by molar-refractivity contribution is -0.139. The first-order valence-corrected chi connectivity index (χ1v) is 16.2. The second kappa shape index (κ2) is 14.6. The third-order valence-electron chi connectivity index (χ3n) is 7.46. The summed E-state index contributed by atoms with van der Waals surface area (Å²) in [4.78, 5) is 29.1. The molecule has 0 aromatic heterocycles. The van der Waals surface area contributed by atoms with Crippen LogP contribution >= 0.6 is 11.6 Å². The highest BCUT2D eigenvalue weighted by atomic mass is 35.5. The highest BCUT2D eigenvalue weighted by Gasteiger charge is 2.34. The summed E-state index contributed by atoms with van der Waals surface area (Å²) in [6.07, 6.45) is 5.04. The normalized spacial score (nSPS) is 14.5. The molecule has 0 saturated heterocycles. The van der Waals surface area contributed by atoms with Crippen LogP contribution in [-0.4, -0.2) is 50.4 Å². The van der Waals surface area contributed by atoms with E-state index in [1.807, 2.05) is 0 Å². The van der Waals surface area contributed by atoms with Gasteiger partial charge in [0.2, 0.25) is 11.8 Å². The molecule has 0 spiro atoms. The smallest absolute Gasteiger partial charge is 0.264 e. The molecule has 1 aliphatic carbocycles. The average Bonchev–Trinajstić information content (AvgIpc) is 3.00. The molecule has 2 amide bonds. The van der Waals surface area contributed by atoms with E-state index in [-0.39, 0.29) is 29.1 Å². The number of carbonyl (C=O) groups excluding carboxylic acids is 2. The van der Waals surface area contributed by atoms with Gasteiger partial charge in [-0.05, 0) is 62.6 Å². The molecule has 3 aromatic rings. The number of amides is 2. The van der Waals surface area contributed by atoms with Crippen LogP contribution in [0.1, 0.15) is 51.5 Å². The lowest BCUT2D eigenvalue weighted by Gasteiger charge is -2.33. The number of para-hydroxylation sites is 2. The monoisotopic (exact) mass is 611 g/mol. The highest BCUT2D eigenvalue weighted by Crippen LogP contribution is 2.33. The molecular weight excluding hydrogens is 574 g/mol. The molecule has 0 aliphatic heterocycles. The van der Waals surface area contributed by atoms with Crippen LogP contribution in [0, 0.1) is 0 Å². The van der Waals surface area contributed by atoms with Crippen LogP contribution in [0.25, 0.3) is 0 Å². The Morgan fingerprint density at radius 2 is 1.60 bits per heavy atom. The minimum atomic E-state index is -4.19. The highest BCUT2D eigenvalue weighted by molar-refractivity contribution is 7.92. The zero-order valence-electron chi connectivity index (χ0n) is 24.0. The summed E-state index contributed by atoms with van der Waals surface area (Å²) in [6.45, 7) is 3.26. The summed E-state index contributed by atoms with van der Waals surface area (Å²) in [7, 11) is -4.19. The van der Waals surface area contributed by atoms with Gasteiger partial charge in [-0.15, -0.1) is 0 Å². The fourth-order valence-corrected chi connectivity index (χ4v) is 6.78. The van der Waals surface area contributed by atoms with Crippen molar-refractivity contribution in [3.63, 3.8) is 0 Å². The lowest BCUT2D eigenvalue weighted by atomic mass is 9.95. The number of nitrogens with one attached hydrogen (secondary N) is 1. The molecule has 3 aromatic carbocycles. The minimum Gasteiger partial charge on any atom is -0.492 e. The van der Waals surface area contributed by atoms with E-state index in [0.29, 0.717) is 22.9 Å². The maximum atomic E-state index is 14.2. The van der Waals surface area contributed by atoms with E-state index in [1.54, 1.807) is 80.6 Å². The van der Waals surface area contributed by atoms with E-state index in [2.05, 4.69) is 5.32 Å². The standard InChI is InChI=1S/C32H38ClN3O5S/c1-3-41-30-21-13-12-20-29(30)36(42(39,40)27-17-8-5-9-18-27)23-31(37)35(22-25-14-10-11-19-28(25)33)24(2)32(38)34-26-15-6-4-7-16-26/h5,8-14,17-21,24,26H,3-4,6-7,15-16,22-23H2,1-2H3,(H,34,38)/t24-/m0/s1. The van der Waals surface area contributed by atoms with Crippen molar-refractivity contribution in [2.45, 2.75) is 69.5 Å². The van der Waals surface area contributed by atoms with Crippen LogP contribution in [0.15, 0.2) is 83.8 Å². The molecule has 4 rings (SSSR count). The molecule has 1 aliphatic rings. The van der Waals surface area contributed by atoms with Gasteiger partial charge in [0.25, 0.3) is 10.0 Å². The van der Waals surface area contributed by atoms with Crippen molar-refractivity contribution in [3.8, 4) is 5.75 Å². The summed E-state index contributed by atoms with van der Waals surface area (Å²) in [5.74, 6) is -0.505. The SMILES string of the molecule is CCOc1ccccc1N(CC(=O)N(Cc1ccccc1Cl)[C@@H](C)C(=O)NC1CCCCC1)S(=O)(=O)c1ccccc1. The first kappa shape index (κ1) is 31.4. The van der Waals surface area contributed by atoms with Crippen LogP contribution in [0.2, 0.25) is 5.02 Å². The summed E-state index contributed by atoms with van der Waals surface area (Å²) in [6, 6.07) is 20.9. The van der Waals surface area contributed by atoms with Gasteiger partial charge >= 0.3 is 0 Å². The number of nitrogens with zero attached hydrogens (tertiary/aromatic N) is 2. The summed E-state index contributed by atoms with van der Waals surface area (Å²) in [5, 5.41) is 3.55. The Kier molecular flexibility index (Phi) is 10.9. The minimum absolute atomic E-state index is 0.0318. The van der Waals surface area contributed by atoms with Crippen molar-refractivity contribution in [2.24, 2.45) is 0 Å². The second-order valence-electron chi connectivity index (χ2n) is 10.4. The number of anilines is 1. The van der Waals surface area contributed by atoms with Crippen molar-refractivity contribution in [1.82, 2.24) is 10.2 Å². The van der Waals surface area contributed by atoms with Crippen LogP contribution in [-0.2, 0) is 26.2 Å². The molecule has 0 bridgehead atoms. The third-order valence-corrected chi connectivity index (χ3v) is 9.60. The van der Waals surface area contributed by atoms with E-state index >= 15 is 0 Å². The maximum Gasteiger partial charge on any atom is 0.264 e. The van der Waals surface area contributed by atoms with Crippen molar-refractivity contribution >= 4 is 39.1 Å². The maximum absolute atomic E-state index is 14.2. The van der Waals surface area contributed by atoms with Gasteiger partial charge in [-0.25, -0.2) is 8.42 Å². The van der Waals surface area contributed by atoms with Gasteiger partial charge in [0, 0.05) is 17.6 Å². The Bertz CT molecular complexity index is 1460. The van der Waals surface area contributed by atoms with Gasteiger partial charge in [-0.2, -0.15) is 0 Å². The Balaban J connectivity index is 1.71. The summed E-state index contributed by atoms with van der Waals surface area (Å²) < 4.78 is 34.9. The molecule has 1 N–H and O–H groups in total. The van der Waals surface area contributed by atoms with Crippen LogP contribution in [0.4, 0.5) is 5.69 Å². The fourth-order valence-electron chi connectivity index (χ4n) is 5.14. The summed E-state index contributed by atoms with van der Waals surface area (Å²) in [5.41, 5.74) is 0.880. The number of benzene rings is 3. The Morgan fingerprint density at radius 3 is 2.29 bits per heavy atom. The predicted octanol–water partition coefficient (Wildman–Crippen LogP) is 5.80. The zero-order valence-corrected chi connectivity index (χ0v) is 25.6. The largest absolute Gasteiger partial charge is 0.492 e. The number of carbonyl (C=O) groups is 2. The third kappa shape index (κ3) is 7.63. The molecule has 1 saturated carbocycles. The van der Waals surface area contributed by atoms with E-state index in [0.717, 1.165) is 36.4 Å². The molecule has 42 heavy (non-hydrogen) atoms. The Hall–Kier alpha value is -3.56. The topological polar surface area (TPSA) is 96.0 Å². The number of rotatable bonds is 12. The van der Waals surface area contributed by atoms with Crippen molar-refractivity contribution in [2.75, 3.05) is 17.5 Å². The van der Waals surface area contributed by atoms with Crippen LogP contribution in [0.3, 0.4) is 0 Å². The Morgan fingerprint density at radius 1 is 0.952 bits per heavy atom. The van der Waals surface area contributed by atoms with Gasteiger partial charge in [0.05, 0.1) is 17.2 Å². The van der Waals surface area contributed by atoms with E-state index < -0.39 is 28.5 Å². The van der Waals surface area contributed by atoms with Crippen LogP contribution < -0.4 is 14.4 Å². The summed E-state index contributed by atoms with van der Waals surface area (Å²) >= 11 is 6.46. The number of sulfonamides is 1. The molecule has 1 fully saturated rings. The molecular formula is C32H38ClN3O5S. The van der Waals surface area contributed by atoms with E-state index in [4.69, 9.17) is 16.3 Å². The second-order valence-corrected chi connectivity index (χ2v) is 12.6. The van der Waals surface area contributed by atoms with Crippen molar-refractivity contribution < 1.29 is 22.7 Å². The van der Waals surface area contributed by atoms with Gasteiger partial charge in [0.15, 0.2) is 0 Å². The van der Waals surface area contributed by atoms with Crippen molar-refractivity contribution in [1.29, 1.82) is 0 Å². The molecule has 0 unspecified atom stereocenters. The zero-order chi connectivity index (χ0) is 30.1. The quantitative estimate of drug-likeness (QED) is 0.279. The first-order valence-electron chi connectivity index (χ1n) is 14.3. The lowest BCUT2D eigenvalue weighted by Crippen LogP contribution is -2.53. The molecule has 0 radical (unpaired) electrons. The number of hydrogen-bond acceptors (Lipinski definition) is 5. The molecule has 0 heterocycles. The number of hydrogen-bond donors (Lipinski definition) is 1. The van der Waals surface area contributed by atoms with Gasteiger partial charge in [-0.1, -0.05) is 79.4 Å².